The van der Waals surface area contributed by atoms with Gasteiger partial charge in [0.15, 0.2) is 0 Å². The van der Waals surface area contributed by atoms with Crippen LogP contribution >= 0.6 is 0 Å². The minimum atomic E-state index is -2.39. The number of rotatable bonds is 5. The van der Waals surface area contributed by atoms with Crippen LogP contribution in [0.2, 0.25) is 0 Å². The minimum absolute atomic E-state index is 0.0548. The maximum Gasteiger partial charge on any atom is 0.335 e. The predicted octanol–water partition coefficient (Wildman–Crippen LogP) is 2.19. The summed E-state index contributed by atoms with van der Waals surface area (Å²) in [5.74, 6) is -1.35. The Kier molecular flexibility index (Phi) is 5.65. The first-order chi connectivity index (χ1) is 10.9. The van der Waals surface area contributed by atoms with E-state index in [-0.39, 0.29) is 24.1 Å². The Hall–Kier alpha value is -2.02. The third-order valence-electron chi connectivity index (χ3n) is 4.09. The number of carboxylic acids is 1. The Morgan fingerprint density at radius 1 is 1.30 bits per heavy atom. The molecule has 0 spiro atoms. The van der Waals surface area contributed by atoms with Crippen LogP contribution in [-0.4, -0.2) is 65.4 Å². The molecular weight excluding hydrogens is 306 g/mol. The molecule has 2 rings (SSSR count). The molecule has 0 aromatic heterocycles. The number of alkyl halides is 2. The Morgan fingerprint density at radius 3 is 2.61 bits per heavy atom. The summed E-state index contributed by atoms with van der Waals surface area (Å²) in [5.41, 5.74) is 0.362. The topological polar surface area (TPSA) is 60.9 Å². The summed E-state index contributed by atoms with van der Waals surface area (Å²) < 4.78 is 25.2. The lowest BCUT2D eigenvalue weighted by Gasteiger charge is -2.41. The van der Waals surface area contributed by atoms with E-state index in [0.717, 1.165) is 0 Å². The fourth-order valence-corrected chi connectivity index (χ4v) is 2.85. The first kappa shape index (κ1) is 17.3. The number of benzene rings is 1. The van der Waals surface area contributed by atoms with Gasteiger partial charge >= 0.3 is 5.97 Å². The summed E-state index contributed by atoms with van der Waals surface area (Å²) in [6.07, 6.45) is -1.72. The van der Waals surface area contributed by atoms with Gasteiger partial charge in [-0.15, -0.1) is 0 Å². The molecule has 0 bridgehead atoms. The number of carbonyl (C=O) groups is 2. The quantitative estimate of drug-likeness (QED) is 0.901. The molecule has 0 aliphatic carbocycles. The third kappa shape index (κ3) is 4.25. The van der Waals surface area contributed by atoms with Gasteiger partial charge in [-0.05, 0) is 24.6 Å². The molecule has 1 aliphatic rings. The van der Waals surface area contributed by atoms with Crippen LogP contribution < -0.4 is 0 Å². The van der Waals surface area contributed by atoms with Gasteiger partial charge in [0.25, 0.3) is 12.3 Å². The van der Waals surface area contributed by atoms with Crippen LogP contribution in [0.1, 0.15) is 34.1 Å². The summed E-state index contributed by atoms with van der Waals surface area (Å²) in [7, 11) is 0. The first-order valence-electron chi connectivity index (χ1n) is 7.57. The van der Waals surface area contributed by atoms with Crippen molar-refractivity contribution in [2.24, 2.45) is 0 Å². The van der Waals surface area contributed by atoms with Crippen LogP contribution in [0.4, 0.5) is 8.78 Å². The van der Waals surface area contributed by atoms with Crippen molar-refractivity contribution in [3.05, 3.63) is 35.4 Å². The summed E-state index contributed by atoms with van der Waals surface area (Å²) in [6.45, 7) is 2.75. The lowest BCUT2D eigenvalue weighted by molar-refractivity contribution is 0.0186. The Labute approximate surface area is 133 Å². The maximum absolute atomic E-state index is 12.6. The van der Waals surface area contributed by atoms with Crippen LogP contribution in [0.5, 0.6) is 0 Å². The molecule has 0 radical (unpaired) electrons. The molecule has 1 amide bonds. The molecule has 126 valence electrons. The lowest BCUT2D eigenvalue weighted by Crippen LogP contribution is -2.55. The lowest BCUT2D eigenvalue weighted by atomic mass is 10.1. The van der Waals surface area contributed by atoms with Gasteiger partial charge < -0.3 is 10.0 Å². The summed E-state index contributed by atoms with van der Waals surface area (Å²) in [4.78, 5) is 26.8. The molecule has 7 heteroatoms. The van der Waals surface area contributed by atoms with Gasteiger partial charge in [0.2, 0.25) is 0 Å². The first-order valence-corrected chi connectivity index (χ1v) is 7.57. The maximum atomic E-state index is 12.6. The molecule has 1 N–H and O–H groups in total. The van der Waals surface area contributed by atoms with Crippen LogP contribution in [-0.2, 0) is 0 Å². The normalized spacial score (nSPS) is 19.1. The highest BCUT2D eigenvalue weighted by Gasteiger charge is 2.30. The standard InChI is InChI=1S/C16H20F2N2O3/c1-2-13-9-20(7-6-19(13)10-14(17)18)15(21)11-4-3-5-12(8-11)16(22)23/h3-5,8,13-14H,2,6-7,9-10H2,1H3,(H,22,23). The highest BCUT2D eigenvalue weighted by Crippen LogP contribution is 2.17. The molecule has 1 saturated heterocycles. The van der Waals surface area contributed by atoms with E-state index in [4.69, 9.17) is 5.11 Å². The van der Waals surface area contributed by atoms with Gasteiger partial charge in [0.05, 0.1) is 12.1 Å². The van der Waals surface area contributed by atoms with Gasteiger partial charge in [-0.2, -0.15) is 0 Å². The average Bonchev–Trinajstić information content (AvgIpc) is 2.54. The Bertz CT molecular complexity index is 580. The van der Waals surface area contributed by atoms with E-state index in [0.29, 0.717) is 31.6 Å². The number of hydrogen-bond donors (Lipinski definition) is 1. The van der Waals surface area contributed by atoms with Crippen molar-refractivity contribution in [3.63, 3.8) is 0 Å². The second-order valence-electron chi connectivity index (χ2n) is 5.59. The van der Waals surface area contributed by atoms with E-state index in [1.54, 1.807) is 15.9 Å². The molecule has 0 saturated carbocycles. The SMILES string of the molecule is CCC1CN(C(=O)c2cccc(C(=O)O)c2)CCN1CC(F)F. The van der Waals surface area contributed by atoms with E-state index in [1.165, 1.54) is 18.2 Å². The number of carbonyl (C=O) groups excluding carboxylic acids is 1. The zero-order chi connectivity index (χ0) is 17.0. The van der Waals surface area contributed by atoms with Crippen molar-refractivity contribution in [1.29, 1.82) is 0 Å². The highest BCUT2D eigenvalue weighted by atomic mass is 19.3. The monoisotopic (exact) mass is 326 g/mol. The van der Waals surface area contributed by atoms with Gasteiger partial charge in [-0.1, -0.05) is 13.0 Å². The molecule has 1 atom stereocenters. The fourth-order valence-electron chi connectivity index (χ4n) is 2.85. The Balaban J connectivity index is 2.09. The van der Waals surface area contributed by atoms with E-state index in [1.807, 2.05) is 6.92 Å². The molecule has 1 unspecified atom stereocenters. The van der Waals surface area contributed by atoms with Crippen molar-refractivity contribution in [2.45, 2.75) is 25.8 Å². The predicted molar refractivity (Wildman–Crippen MR) is 81.0 cm³/mol. The number of halogens is 2. The van der Waals surface area contributed by atoms with Crippen molar-refractivity contribution >= 4 is 11.9 Å². The molecule has 23 heavy (non-hydrogen) atoms. The molecule has 1 fully saturated rings. The number of nitrogens with zero attached hydrogens (tertiary/aromatic N) is 2. The number of aromatic carboxylic acids is 1. The van der Waals surface area contributed by atoms with E-state index < -0.39 is 12.4 Å². The number of hydrogen-bond acceptors (Lipinski definition) is 3. The van der Waals surface area contributed by atoms with Crippen molar-refractivity contribution < 1.29 is 23.5 Å². The summed E-state index contributed by atoms with van der Waals surface area (Å²) >= 11 is 0. The van der Waals surface area contributed by atoms with E-state index in [2.05, 4.69) is 0 Å². The molecule has 1 heterocycles. The van der Waals surface area contributed by atoms with Crippen molar-refractivity contribution in [3.8, 4) is 0 Å². The molecule has 1 aromatic rings. The average molecular weight is 326 g/mol. The van der Waals surface area contributed by atoms with Crippen LogP contribution in [0.3, 0.4) is 0 Å². The van der Waals surface area contributed by atoms with Crippen LogP contribution in [0.15, 0.2) is 24.3 Å². The minimum Gasteiger partial charge on any atom is -0.478 e. The highest BCUT2D eigenvalue weighted by molar-refractivity contribution is 5.97. The van der Waals surface area contributed by atoms with Crippen LogP contribution in [0, 0.1) is 0 Å². The number of piperazine rings is 1. The third-order valence-corrected chi connectivity index (χ3v) is 4.09. The fraction of sp³-hybridized carbons (Fsp3) is 0.500. The molecule has 1 aromatic carbocycles. The summed E-state index contributed by atoms with van der Waals surface area (Å²) in [6, 6.07) is 5.76. The number of carboxylic acid groups (broad SMARTS) is 1. The molecule has 1 aliphatic heterocycles. The zero-order valence-corrected chi connectivity index (χ0v) is 12.9. The second-order valence-corrected chi connectivity index (χ2v) is 5.59. The van der Waals surface area contributed by atoms with Crippen LogP contribution in [0.25, 0.3) is 0 Å². The Morgan fingerprint density at radius 2 is 2.00 bits per heavy atom. The van der Waals surface area contributed by atoms with Gasteiger partial charge in [0, 0.05) is 31.2 Å². The van der Waals surface area contributed by atoms with Gasteiger partial charge in [-0.25, -0.2) is 13.6 Å². The smallest absolute Gasteiger partial charge is 0.335 e. The van der Waals surface area contributed by atoms with Gasteiger partial charge in [0.1, 0.15) is 0 Å². The van der Waals surface area contributed by atoms with Crippen molar-refractivity contribution in [2.75, 3.05) is 26.2 Å². The summed E-state index contributed by atoms with van der Waals surface area (Å²) in [5, 5.41) is 9.00. The van der Waals surface area contributed by atoms with Gasteiger partial charge in [-0.3, -0.25) is 9.69 Å². The molecule has 5 nitrogen and oxygen atoms in total. The van der Waals surface area contributed by atoms with E-state index >= 15 is 0 Å². The second kappa shape index (κ2) is 7.50. The molecular formula is C16H20F2N2O3. The zero-order valence-electron chi connectivity index (χ0n) is 12.9. The largest absolute Gasteiger partial charge is 0.478 e. The number of amides is 1. The van der Waals surface area contributed by atoms with E-state index in [9.17, 15) is 18.4 Å². The van der Waals surface area contributed by atoms with Crippen molar-refractivity contribution in [1.82, 2.24) is 9.80 Å².